The monoisotopic (exact) mass is 131 g/mol. The van der Waals surface area contributed by atoms with Crippen molar-refractivity contribution in [3.8, 4) is 0 Å². The molecule has 0 saturated heterocycles. The number of rotatable bonds is 4. The van der Waals surface area contributed by atoms with Crippen molar-refractivity contribution in [2.45, 2.75) is 20.0 Å². The summed E-state index contributed by atoms with van der Waals surface area (Å²) in [6, 6.07) is 0. The van der Waals surface area contributed by atoms with Crippen molar-refractivity contribution in [1.29, 1.82) is 0 Å². The fourth-order valence-electron chi connectivity index (χ4n) is 0.297. The van der Waals surface area contributed by atoms with E-state index in [1.54, 1.807) is 7.05 Å². The highest BCUT2D eigenvalue weighted by Crippen LogP contribution is 1.87. The molecule has 0 aromatic rings. The molecule has 0 aliphatic carbocycles. The Morgan fingerprint density at radius 3 is 2.56 bits per heavy atom. The molecule has 0 aliphatic heterocycles. The maximum absolute atomic E-state index is 9.96. The van der Waals surface area contributed by atoms with Gasteiger partial charge in [-0.2, -0.15) is 0 Å². The van der Waals surface area contributed by atoms with Crippen molar-refractivity contribution in [3.05, 3.63) is 0 Å². The summed E-state index contributed by atoms with van der Waals surface area (Å²) in [5.41, 5.74) is 0. The zero-order valence-corrected chi connectivity index (χ0v) is 6.13. The van der Waals surface area contributed by atoms with Gasteiger partial charge < -0.3 is 9.64 Å². The Kier molecular flexibility index (Phi) is 4.05. The van der Waals surface area contributed by atoms with Crippen molar-refractivity contribution < 1.29 is 9.53 Å². The van der Waals surface area contributed by atoms with Crippen LogP contribution in [0.15, 0.2) is 0 Å². The summed E-state index contributed by atoms with van der Waals surface area (Å²) < 4.78 is 5.09. The molecular weight excluding hydrogens is 118 g/mol. The van der Waals surface area contributed by atoms with Crippen LogP contribution < -0.4 is 0 Å². The average Bonchev–Trinajstić information content (AvgIpc) is 1.83. The van der Waals surface area contributed by atoms with Crippen molar-refractivity contribution in [2.75, 3.05) is 13.8 Å². The van der Waals surface area contributed by atoms with Gasteiger partial charge in [-0.3, -0.25) is 4.79 Å². The topological polar surface area (TPSA) is 29.5 Å². The van der Waals surface area contributed by atoms with E-state index in [1.165, 1.54) is 4.90 Å². The van der Waals surface area contributed by atoms with Crippen LogP contribution in [0.25, 0.3) is 0 Å². The Balaban J connectivity index is 3.16. The third-order valence-electron chi connectivity index (χ3n) is 0.791. The Labute approximate surface area is 55.6 Å². The van der Waals surface area contributed by atoms with Gasteiger partial charge in [-0.05, 0) is 13.8 Å². The fourth-order valence-corrected chi connectivity index (χ4v) is 0.297. The van der Waals surface area contributed by atoms with Crippen LogP contribution in [0.3, 0.4) is 0 Å². The van der Waals surface area contributed by atoms with Crippen LogP contribution in [-0.4, -0.2) is 31.2 Å². The number of amides is 1. The van der Waals surface area contributed by atoms with Gasteiger partial charge in [0, 0.05) is 7.05 Å². The van der Waals surface area contributed by atoms with Crippen molar-refractivity contribution in [1.82, 2.24) is 4.90 Å². The predicted octanol–water partition coefficient (Wildman–Crippen LogP) is 0.457. The van der Waals surface area contributed by atoms with Gasteiger partial charge in [0.1, 0.15) is 6.73 Å². The van der Waals surface area contributed by atoms with Crippen molar-refractivity contribution >= 4 is 6.41 Å². The molecule has 0 unspecified atom stereocenters. The van der Waals surface area contributed by atoms with Gasteiger partial charge in [-0.25, -0.2) is 0 Å². The molecule has 0 heterocycles. The fraction of sp³-hybridized carbons (Fsp3) is 0.833. The van der Waals surface area contributed by atoms with Gasteiger partial charge in [-0.1, -0.05) is 0 Å². The first kappa shape index (κ1) is 8.43. The molecule has 9 heavy (non-hydrogen) atoms. The van der Waals surface area contributed by atoms with Crippen LogP contribution in [0.5, 0.6) is 0 Å². The number of ether oxygens (including phenoxy) is 1. The molecule has 54 valence electrons. The summed E-state index contributed by atoms with van der Waals surface area (Å²) in [5.74, 6) is 0. The quantitative estimate of drug-likeness (QED) is 0.409. The summed E-state index contributed by atoms with van der Waals surface area (Å²) in [6.07, 6.45) is 0.926. The maximum atomic E-state index is 9.96. The molecule has 0 radical (unpaired) electrons. The van der Waals surface area contributed by atoms with Gasteiger partial charge in [0.05, 0.1) is 6.10 Å². The minimum Gasteiger partial charge on any atom is -0.358 e. The minimum atomic E-state index is 0.187. The SMILES string of the molecule is CC(C)OCN(C)C=O. The first-order valence-corrected chi connectivity index (χ1v) is 2.94. The van der Waals surface area contributed by atoms with E-state index in [2.05, 4.69) is 0 Å². The van der Waals surface area contributed by atoms with Crippen molar-refractivity contribution in [2.24, 2.45) is 0 Å². The Bertz CT molecular complexity index is 83.1. The van der Waals surface area contributed by atoms with Gasteiger partial charge in [0.15, 0.2) is 0 Å². The van der Waals surface area contributed by atoms with Crippen LogP contribution in [0.1, 0.15) is 13.8 Å². The van der Waals surface area contributed by atoms with E-state index < -0.39 is 0 Å². The zero-order chi connectivity index (χ0) is 7.28. The predicted molar refractivity (Wildman–Crippen MR) is 34.9 cm³/mol. The Morgan fingerprint density at radius 2 is 2.22 bits per heavy atom. The standard InChI is InChI=1S/C6H13NO2/c1-6(2)9-5-7(3)4-8/h4,6H,5H2,1-3H3. The molecule has 0 spiro atoms. The van der Waals surface area contributed by atoms with Crippen molar-refractivity contribution in [3.63, 3.8) is 0 Å². The molecule has 0 bridgehead atoms. The van der Waals surface area contributed by atoms with E-state index in [0.717, 1.165) is 6.41 Å². The third kappa shape index (κ3) is 5.30. The normalized spacial score (nSPS) is 9.78. The van der Waals surface area contributed by atoms with Crippen LogP contribution in [0, 0.1) is 0 Å². The second-order valence-electron chi connectivity index (χ2n) is 2.21. The maximum Gasteiger partial charge on any atom is 0.211 e. The summed E-state index contributed by atoms with van der Waals surface area (Å²) in [4.78, 5) is 11.4. The molecule has 0 N–H and O–H groups in total. The lowest BCUT2D eigenvalue weighted by atomic mass is 10.5. The van der Waals surface area contributed by atoms with Crippen LogP contribution in [0.2, 0.25) is 0 Å². The second kappa shape index (κ2) is 4.32. The molecular formula is C6H13NO2. The average molecular weight is 131 g/mol. The lowest BCUT2D eigenvalue weighted by molar-refractivity contribution is -0.122. The van der Waals surface area contributed by atoms with Gasteiger partial charge >= 0.3 is 0 Å². The summed E-state index contributed by atoms with van der Waals surface area (Å²) >= 11 is 0. The Morgan fingerprint density at radius 1 is 1.67 bits per heavy atom. The lowest BCUT2D eigenvalue weighted by Crippen LogP contribution is -2.21. The molecule has 3 nitrogen and oxygen atoms in total. The van der Waals surface area contributed by atoms with Gasteiger partial charge in [0.25, 0.3) is 0 Å². The van der Waals surface area contributed by atoms with Crippen LogP contribution >= 0.6 is 0 Å². The molecule has 3 heteroatoms. The Hall–Kier alpha value is -0.570. The highest BCUT2D eigenvalue weighted by molar-refractivity contribution is 5.45. The van der Waals surface area contributed by atoms with E-state index in [1.807, 2.05) is 13.8 Å². The number of hydrogen-bond acceptors (Lipinski definition) is 2. The van der Waals surface area contributed by atoms with E-state index >= 15 is 0 Å². The highest BCUT2D eigenvalue weighted by atomic mass is 16.5. The molecule has 0 atom stereocenters. The third-order valence-corrected chi connectivity index (χ3v) is 0.791. The minimum absolute atomic E-state index is 0.187. The van der Waals surface area contributed by atoms with E-state index in [9.17, 15) is 4.79 Å². The molecule has 1 amide bonds. The zero-order valence-electron chi connectivity index (χ0n) is 6.13. The molecule has 0 aliphatic rings. The summed E-state index contributed by atoms with van der Waals surface area (Å²) in [5, 5.41) is 0. The van der Waals surface area contributed by atoms with Crippen LogP contribution in [-0.2, 0) is 9.53 Å². The van der Waals surface area contributed by atoms with Gasteiger partial charge in [0.2, 0.25) is 6.41 Å². The second-order valence-corrected chi connectivity index (χ2v) is 2.21. The van der Waals surface area contributed by atoms with E-state index in [-0.39, 0.29) is 6.10 Å². The first-order valence-electron chi connectivity index (χ1n) is 2.94. The number of carbonyl (C=O) groups is 1. The van der Waals surface area contributed by atoms with Gasteiger partial charge in [-0.15, -0.1) is 0 Å². The number of carbonyl (C=O) groups excluding carboxylic acids is 1. The molecule has 0 rings (SSSR count). The number of nitrogens with zero attached hydrogens (tertiary/aromatic N) is 1. The smallest absolute Gasteiger partial charge is 0.211 e. The summed E-state index contributed by atoms with van der Waals surface area (Å²) in [7, 11) is 1.68. The highest BCUT2D eigenvalue weighted by Gasteiger charge is 1.94. The number of hydrogen-bond donors (Lipinski definition) is 0. The van der Waals surface area contributed by atoms with Crippen LogP contribution in [0.4, 0.5) is 0 Å². The molecule has 0 aromatic heterocycles. The molecule has 0 aromatic carbocycles. The van der Waals surface area contributed by atoms with E-state index in [0.29, 0.717) is 6.73 Å². The summed E-state index contributed by atoms with van der Waals surface area (Å²) in [6.45, 7) is 4.23. The molecule has 0 fully saturated rings. The lowest BCUT2D eigenvalue weighted by Gasteiger charge is -2.12. The largest absolute Gasteiger partial charge is 0.358 e. The first-order chi connectivity index (χ1) is 4.16. The van der Waals surface area contributed by atoms with E-state index in [4.69, 9.17) is 4.74 Å². The molecule has 0 saturated carbocycles.